The van der Waals surface area contributed by atoms with Crippen molar-refractivity contribution < 1.29 is 0 Å². The second kappa shape index (κ2) is 7.25. The van der Waals surface area contributed by atoms with Crippen molar-refractivity contribution in [3.63, 3.8) is 0 Å². The highest BCUT2D eigenvalue weighted by atomic mass is 14.9. The number of aryl methyl sites for hydroxylation is 1. The van der Waals surface area contributed by atoms with E-state index >= 15 is 0 Å². The molecule has 106 valence electrons. The van der Waals surface area contributed by atoms with Crippen LogP contribution in [0.25, 0.3) is 0 Å². The third-order valence-electron chi connectivity index (χ3n) is 4.06. The molecule has 2 atom stereocenters. The summed E-state index contributed by atoms with van der Waals surface area (Å²) in [6.07, 6.45) is 2.38. The molecule has 20 heavy (non-hydrogen) atoms. The van der Waals surface area contributed by atoms with E-state index in [-0.39, 0.29) is 0 Å². The van der Waals surface area contributed by atoms with E-state index in [4.69, 9.17) is 0 Å². The lowest BCUT2D eigenvalue weighted by molar-refractivity contribution is 0.467. The molecule has 0 aliphatic rings. The van der Waals surface area contributed by atoms with Crippen molar-refractivity contribution >= 4 is 0 Å². The zero-order valence-corrected chi connectivity index (χ0v) is 12.8. The van der Waals surface area contributed by atoms with Crippen LogP contribution in [-0.4, -0.2) is 13.1 Å². The second-order valence-electron chi connectivity index (χ2n) is 5.43. The first-order valence-corrected chi connectivity index (χ1v) is 7.55. The maximum atomic E-state index is 3.53. The molecule has 0 saturated heterocycles. The molecule has 0 amide bonds. The largest absolute Gasteiger partial charge is 0.316 e. The van der Waals surface area contributed by atoms with Gasteiger partial charge in [-0.3, -0.25) is 0 Å². The first-order chi connectivity index (χ1) is 9.77. The van der Waals surface area contributed by atoms with Gasteiger partial charge in [-0.25, -0.2) is 0 Å². The van der Waals surface area contributed by atoms with Crippen molar-refractivity contribution in [2.45, 2.75) is 38.6 Å². The van der Waals surface area contributed by atoms with Crippen molar-refractivity contribution in [2.24, 2.45) is 0 Å². The average molecular weight is 267 g/mol. The van der Waals surface area contributed by atoms with Gasteiger partial charge in [-0.05, 0) is 37.1 Å². The van der Waals surface area contributed by atoms with Gasteiger partial charge in [0.05, 0.1) is 0 Å². The molecule has 1 N–H and O–H groups in total. The van der Waals surface area contributed by atoms with Crippen molar-refractivity contribution in [2.75, 3.05) is 7.05 Å². The predicted molar refractivity (Wildman–Crippen MR) is 87.2 cm³/mol. The number of hydrogen-bond donors (Lipinski definition) is 1. The first kappa shape index (κ1) is 14.8. The third kappa shape index (κ3) is 3.29. The summed E-state index contributed by atoms with van der Waals surface area (Å²) in [6, 6.07) is 20.1. The Morgan fingerprint density at radius 1 is 0.950 bits per heavy atom. The molecule has 2 aromatic rings. The highest BCUT2D eigenvalue weighted by molar-refractivity contribution is 5.39. The van der Waals surface area contributed by atoms with Crippen LogP contribution in [0.3, 0.4) is 0 Å². The lowest BCUT2D eigenvalue weighted by Crippen LogP contribution is -2.33. The summed E-state index contributed by atoms with van der Waals surface area (Å²) in [5.41, 5.74) is 4.21. The summed E-state index contributed by atoms with van der Waals surface area (Å²) in [5, 5.41) is 3.53. The fourth-order valence-electron chi connectivity index (χ4n) is 3.01. The molecule has 0 radical (unpaired) electrons. The van der Waals surface area contributed by atoms with Gasteiger partial charge in [-0.1, -0.05) is 67.9 Å². The van der Waals surface area contributed by atoms with Gasteiger partial charge in [0.2, 0.25) is 0 Å². The van der Waals surface area contributed by atoms with Gasteiger partial charge >= 0.3 is 0 Å². The molecule has 1 heteroatoms. The van der Waals surface area contributed by atoms with E-state index in [2.05, 4.69) is 80.8 Å². The van der Waals surface area contributed by atoms with Gasteiger partial charge in [0.25, 0.3) is 0 Å². The number of rotatable bonds is 6. The van der Waals surface area contributed by atoms with E-state index in [1.165, 1.54) is 29.5 Å². The molecule has 0 aliphatic carbocycles. The Kier molecular flexibility index (Phi) is 5.37. The normalized spacial score (nSPS) is 13.9. The summed E-state index contributed by atoms with van der Waals surface area (Å²) in [4.78, 5) is 0. The smallest absolute Gasteiger partial charge is 0.0245 e. The summed E-state index contributed by atoms with van der Waals surface area (Å²) in [7, 11) is 2.08. The Balaban J connectivity index is 2.47. The van der Waals surface area contributed by atoms with Crippen LogP contribution in [0, 0.1) is 6.92 Å². The van der Waals surface area contributed by atoms with Gasteiger partial charge in [-0.2, -0.15) is 0 Å². The summed E-state index contributed by atoms with van der Waals surface area (Å²) in [6.45, 7) is 4.47. The predicted octanol–water partition coefficient (Wildman–Crippen LogP) is 4.52. The molecule has 2 aromatic carbocycles. The highest BCUT2D eigenvalue weighted by Gasteiger charge is 2.24. The molecule has 0 aromatic heterocycles. The molecule has 2 unspecified atom stereocenters. The van der Waals surface area contributed by atoms with Crippen LogP contribution < -0.4 is 5.32 Å². The summed E-state index contributed by atoms with van der Waals surface area (Å²) < 4.78 is 0. The number of benzene rings is 2. The topological polar surface area (TPSA) is 12.0 Å². The summed E-state index contributed by atoms with van der Waals surface area (Å²) in [5.74, 6) is 0.419. The quantitative estimate of drug-likeness (QED) is 0.811. The Morgan fingerprint density at radius 2 is 1.60 bits per heavy atom. The van der Waals surface area contributed by atoms with E-state index in [0.717, 1.165) is 0 Å². The second-order valence-corrected chi connectivity index (χ2v) is 5.43. The zero-order chi connectivity index (χ0) is 14.4. The molecule has 2 rings (SSSR count). The Hall–Kier alpha value is -1.60. The lowest BCUT2D eigenvalue weighted by Gasteiger charge is -2.29. The van der Waals surface area contributed by atoms with Crippen molar-refractivity contribution in [3.8, 4) is 0 Å². The molecule has 1 nitrogen and oxygen atoms in total. The van der Waals surface area contributed by atoms with Crippen LogP contribution >= 0.6 is 0 Å². The van der Waals surface area contributed by atoms with Gasteiger partial charge in [0.15, 0.2) is 0 Å². The van der Waals surface area contributed by atoms with Gasteiger partial charge < -0.3 is 5.32 Å². The minimum absolute atomic E-state index is 0.419. The van der Waals surface area contributed by atoms with Gasteiger partial charge in [0, 0.05) is 12.0 Å². The molecular weight excluding hydrogens is 242 g/mol. The van der Waals surface area contributed by atoms with E-state index in [1.54, 1.807) is 0 Å². The van der Waals surface area contributed by atoms with Gasteiger partial charge in [-0.15, -0.1) is 0 Å². The lowest BCUT2D eigenvalue weighted by atomic mass is 9.81. The minimum Gasteiger partial charge on any atom is -0.316 e. The maximum Gasteiger partial charge on any atom is 0.0245 e. The highest BCUT2D eigenvalue weighted by Crippen LogP contribution is 2.31. The number of hydrogen-bond acceptors (Lipinski definition) is 1. The van der Waals surface area contributed by atoms with Crippen LogP contribution in [0.15, 0.2) is 54.6 Å². The van der Waals surface area contributed by atoms with E-state index in [1.807, 2.05) is 0 Å². The van der Waals surface area contributed by atoms with Crippen LogP contribution in [-0.2, 0) is 0 Å². The molecule has 0 aliphatic heterocycles. The van der Waals surface area contributed by atoms with Crippen LogP contribution in [0.2, 0.25) is 0 Å². The summed E-state index contributed by atoms with van der Waals surface area (Å²) >= 11 is 0. The monoisotopic (exact) mass is 267 g/mol. The molecule has 0 bridgehead atoms. The number of likely N-dealkylation sites (N-methyl/N-ethyl adjacent to an activating group) is 1. The van der Waals surface area contributed by atoms with E-state index in [0.29, 0.717) is 12.0 Å². The zero-order valence-electron chi connectivity index (χ0n) is 12.8. The Labute approximate surface area is 123 Å². The Morgan fingerprint density at radius 3 is 2.20 bits per heavy atom. The van der Waals surface area contributed by atoms with E-state index < -0.39 is 0 Å². The third-order valence-corrected chi connectivity index (χ3v) is 4.06. The van der Waals surface area contributed by atoms with Gasteiger partial charge in [0.1, 0.15) is 0 Å². The molecule has 0 fully saturated rings. The minimum atomic E-state index is 0.419. The fraction of sp³-hybridized carbons (Fsp3) is 0.368. The average Bonchev–Trinajstić information content (AvgIpc) is 2.49. The SMILES string of the molecule is CCCC(NC)C(c1ccccc1)c1ccccc1C. The Bertz CT molecular complexity index is 518. The van der Waals surface area contributed by atoms with E-state index in [9.17, 15) is 0 Å². The van der Waals surface area contributed by atoms with Crippen molar-refractivity contribution in [1.29, 1.82) is 0 Å². The van der Waals surface area contributed by atoms with Crippen molar-refractivity contribution in [3.05, 3.63) is 71.3 Å². The fourth-order valence-corrected chi connectivity index (χ4v) is 3.01. The molecule has 0 heterocycles. The maximum absolute atomic E-state index is 3.53. The first-order valence-electron chi connectivity index (χ1n) is 7.55. The molecule has 0 spiro atoms. The molecular formula is C19H25N. The number of nitrogens with one attached hydrogen (secondary N) is 1. The standard InChI is InChI=1S/C19H25N/c1-4-10-18(20-3)19(16-12-6-5-7-13-16)17-14-9-8-11-15(17)2/h5-9,11-14,18-20H,4,10H2,1-3H3. The molecule has 0 saturated carbocycles. The van der Waals surface area contributed by atoms with Crippen molar-refractivity contribution in [1.82, 2.24) is 5.32 Å². The van der Waals surface area contributed by atoms with Crippen LogP contribution in [0.5, 0.6) is 0 Å². The van der Waals surface area contributed by atoms with Crippen LogP contribution in [0.1, 0.15) is 42.4 Å². The van der Waals surface area contributed by atoms with Crippen LogP contribution in [0.4, 0.5) is 0 Å².